The summed E-state index contributed by atoms with van der Waals surface area (Å²) >= 11 is 0. The van der Waals surface area contributed by atoms with E-state index in [1.807, 2.05) is 0 Å². The molecule has 6 nitrogen and oxygen atoms in total. The van der Waals surface area contributed by atoms with Crippen molar-refractivity contribution in [3.05, 3.63) is 0 Å². The van der Waals surface area contributed by atoms with Crippen LogP contribution in [0.2, 0.25) is 0 Å². The number of ether oxygens (including phenoxy) is 1. The fraction of sp³-hybridized carbons (Fsp3) is 0.818. The van der Waals surface area contributed by atoms with Crippen LogP contribution in [0, 0.1) is 0 Å². The molecule has 0 bridgehead atoms. The Bertz CT molecular complexity index is 282. The van der Waals surface area contributed by atoms with Gasteiger partial charge in [-0.15, -0.1) is 0 Å². The van der Waals surface area contributed by atoms with E-state index in [0.717, 1.165) is 0 Å². The summed E-state index contributed by atoms with van der Waals surface area (Å²) in [6.07, 6.45) is -2.24. The second-order valence-corrected chi connectivity index (χ2v) is 5.08. The van der Waals surface area contributed by atoms with Crippen LogP contribution < -0.4 is 0 Å². The van der Waals surface area contributed by atoms with E-state index in [9.17, 15) is 14.7 Å². The van der Waals surface area contributed by atoms with E-state index in [0.29, 0.717) is 0 Å². The first-order valence-corrected chi connectivity index (χ1v) is 5.45. The molecule has 0 spiro atoms. The van der Waals surface area contributed by atoms with Crippen molar-refractivity contribution in [2.24, 2.45) is 0 Å². The Morgan fingerprint density at radius 1 is 1.29 bits per heavy atom. The number of carboxylic acids is 1. The molecule has 0 fully saturated rings. The molecule has 2 N–H and O–H groups in total. The van der Waals surface area contributed by atoms with E-state index in [2.05, 4.69) is 0 Å². The molecule has 1 amide bonds. The van der Waals surface area contributed by atoms with Crippen LogP contribution in [0.3, 0.4) is 0 Å². The lowest BCUT2D eigenvalue weighted by molar-refractivity contribution is -0.147. The standard InChI is InChI=1S/C11H21NO5/c1-7(2)12(6-8(13)9(14)15)10(16)17-11(3,4)5/h7-8,13H,6H2,1-5H3,(H,14,15). The molecule has 0 aliphatic rings. The molecule has 0 radical (unpaired) electrons. The first-order chi connectivity index (χ1) is 7.54. The van der Waals surface area contributed by atoms with Crippen LogP contribution in [0.4, 0.5) is 4.79 Å². The molecule has 0 aliphatic heterocycles. The molecule has 0 rings (SSSR count). The quantitative estimate of drug-likeness (QED) is 0.776. The second-order valence-electron chi connectivity index (χ2n) is 5.08. The molecule has 100 valence electrons. The number of amides is 1. The number of nitrogens with zero attached hydrogens (tertiary/aromatic N) is 1. The zero-order valence-corrected chi connectivity index (χ0v) is 10.9. The van der Waals surface area contributed by atoms with Crippen LogP contribution in [-0.4, -0.2) is 51.5 Å². The number of aliphatic carboxylic acids is 1. The molecule has 0 aromatic heterocycles. The van der Waals surface area contributed by atoms with Gasteiger partial charge in [0.1, 0.15) is 5.60 Å². The van der Waals surface area contributed by atoms with Gasteiger partial charge in [0.25, 0.3) is 0 Å². The summed E-state index contributed by atoms with van der Waals surface area (Å²) < 4.78 is 5.12. The monoisotopic (exact) mass is 247 g/mol. The lowest BCUT2D eigenvalue weighted by Gasteiger charge is -2.30. The van der Waals surface area contributed by atoms with Crippen LogP contribution >= 0.6 is 0 Å². The van der Waals surface area contributed by atoms with Crippen molar-refractivity contribution in [1.29, 1.82) is 0 Å². The molecular formula is C11H21NO5. The van der Waals surface area contributed by atoms with E-state index >= 15 is 0 Å². The fourth-order valence-electron chi connectivity index (χ4n) is 1.08. The fourth-order valence-corrected chi connectivity index (χ4v) is 1.08. The molecule has 0 aromatic carbocycles. The second kappa shape index (κ2) is 5.86. The van der Waals surface area contributed by atoms with Crippen molar-refractivity contribution in [3.63, 3.8) is 0 Å². The third kappa shape index (κ3) is 6.11. The lowest BCUT2D eigenvalue weighted by Crippen LogP contribution is -2.46. The molecule has 6 heteroatoms. The summed E-state index contributed by atoms with van der Waals surface area (Å²) in [7, 11) is 0. The van der Waals surface area contributed by atoms with Gasteiger partial charge in [0.05, 0.1) is 6.54 Å². The SMILES string of the molecule is CC(C)N(CC(O)C(=O)O)C(=O)OC(C)(C)C. The van der Waals surface area contributed by atoms with Crippen molar-refractivity contribution in [1.82, 2.24) is 4.90 Å². The summed E-state index contributed by atoms with van der Waals surface area (Å²) in [6, 6.07) is -0.251. The zero-order chi connectivity index (χ0) is 13.8. The van der Waals surface area contributed by atoms with Gasteiger partial charge >= 0.3 is 12.1 Å². The third-order valence-electron chi connectivity index (χ3n) is 1.91. The van der Waals surface area contributed by atoms with Gasteiger partial charge in [0.15, 0.2) is 6.10 Å². The smallest absolute Gasteiger partial charge is 0.410 e. The number of hydrogen-bond acceptors (Lipinski definition) is 4. The average molecular weight is 247 g/mol. The van der Waals surface area contributed by atoms with Gasteiger partial charge in [-0.25, -0.2) is 9.59 Å². The van der Waals surface area contributed by atoms with Crippen molar-refractivity contribution in [3.8, 4) is 0 Å². The molecule has 0 saturated carbocycles. The largest absolute Gasteiger partial charge is 0.479 e. The van der Waals surface area contributed by atoms with Gasteiger partial charge in [0, 0.05) is 6.04 Å². The summed E-state index contributed by atoms with van der Waals surface area (Å²) in [6.45, 7) is 8.31. The normalized spacial score (nSPS) is 13.4. The summed E-state index contributed by atoms with van der Waals surface area (Å²) in [4.78, 5) is 23.5. The van der Waals surface area contributed by atoms with Crippen molar-refractivity contribution >= 4 is 12.1 Å². The van der Waals surface area contributed by atoms with E-state index in [-0.39, 0.29) is 12.6 Å². The molecule has 1 unspecified atom stereocenters. The number of rotatable bonds is 4. The minimum Gasteiger partial charge on any atom is -0.479 e. The Hall–Kier alpha value is -1.30. The predicted octanol–water partition coefficient (Wildman–Crippen LogP) is 1.08. The zero-order valence-electron chi connectivity index (χ0n) is 10.9. The maximum atomic E-state index is 11.8. The Morgan fingerprint density at radius 3 is 2.06 bits per heavy atom. The van der Waals surface area contributed by atoms with Gasteiger partial charge in [-0.05, 0) is 34.6 Å². The van der Waals surface area contributed by atoms with E-state index in [1.165, 1.54) is 4.90 Å². The molecule has 0 heterocycles. The molecular weight excluding hydrogens is 226 g/mol. The summed E-state index contributed by atoms with van der Waals surface area (Å²) in [5.41, 5.74) is -0.654. The van der Waals surface area contributed by atoms with Crippen LogP contribution in [-0.2, 0) is 9.53 Å². The Labute approximate surface area is 101 Å². The minimum atomic E-state index is -1.61. The van der Waals surface area contributed by atoms with Gasteiger partial charge in [-0.3, -0.25) is 0 Å². The number of carbonyl (C=O) groups is 2. The topological polar surface area (TPSA) is 87.1 Å². The molecule has 1 atom stereocenters. The maximum absolute atomic E-state index is 11.8. The van der Waals surface area contributed by atoms with Gasteiger partial charge in [-0.2, -0.15) is 0 Å². The molecule has 0 aliphatic carbocycles. The Balaban J connectivity index is 4.64. The van der Waals surface area contributed by atoms with Gasteiger partial charge in [-0.1, -0.05) is 0 Å². The van der Waals surface area contributed by atoms with Crippen LogP contribution in [0.5, 0.6) is 0 Å². The molecule has 0 aromatic rings. The summed E-state index contributed by atoms with van der Waals surface area (Å²) in [5.74, 6) is -1.36. The van der Waals surface area contributed by atoms with Gasteiger partial charge in [0.2, 0.25) is 0 Å². The minimum absolute atomic E-state index is 0.251. The number of aliphatic hydroxyl groups is 1. The first-order valence-electron chi connectivity index (χ1n) is 5.45. The highest BCUT2D eigenvalue weighted by molar-refractivity contribution is 5.74. The van der Waals surface area contributed by atoms with Crippen LogP contribution in [0.25, 0.3) is 0 Å². The van der Waals surface area contributed by atoms with Crippen LogP contribution in [0.15, 0.2) is 0 Å². The average Bonchev–Trinajstić information content (AvgIpc) is 2.09. The van der Waals surface area contributed by atoms with Crippen LogP contribution in [0.1, 0.15) is 34.6 Å². The number of carbonyl (C=O) groups excluding carboxylic acids is 1. The predicted molar refractivity (Wildman–Crippen MR) is 61.7 cm³/mol. The summed E-state index contributed by atoms with van der Waals surface area (Å²) in [5, 5.41) is 17.8. The maximum Gasteiger partial charge on any atom is 0.410 e. The van der Waals surface area contributed by atoms with Crippen molar-refractivity contribution < 1.29 is 24.5 Å². The molecule has 0 saturated heterocycles. The Kier molecular flexibility index (Phi) is 5.41. The van der Waals surface area contributed by atoms with Crippen molar-refractivity contribution in [2.75, 3.05) is 6.54 Å². The highest BCUT2D eigenvalue weighted by atomic mass is 16.6. The van der Waals surface area contributed by atoms with E-state index in [4.69, 9.17) is 9.84 Å². The first kappa shape index (κ1) is 15.7. The highest BCUT2D eigenvalue weighted by Gasteiger charge is 2.28. The van der Waals surface area contributed by atoms with Gasteiger partial charge < -0.3 is 19.8 Å². The molecule has 17 heavy (non-hydrogen) atoms. The number of aliphatic hydroxyl groups excluding tert-OH is 1. The van der Waals surface area contributed by atoms with E-state index in [1.54, 1.807) is 34.6 Å². The Morgan fingerprint density at radius 2 is 1.76 bits per heavy atom. The van der Waals surface area contributed by atoms with Crippen molar-refractivity contribution in [2.45, 2.75) is 52.4 Å². The number of carboxylic acid groups (broad SMARTS) is 1. The number of hydrogen-bond donors (Lipinski definition) is 2. The third-order valence-corrected chi connectivity index (χ3v) is 1.91. The van der Waals surface area contributed by atoms with E-state index < -0.39 is 23.8 Å². The lowest BCUT2D eigenvalue weighted by atomic mass is 10.2. The highest BCUT2D eigenvalue weighted by Crippen LogP contribution is 2.12.